The van der Waals surface area contributed by atoms with Crippen molar-refractivity contribution in [2.75, 3.05) is 56.2 Å². The summed E-state index contributed by atoms with van der Waals surface area (Å²) in [4.78, 5) is 20.5. The van der Waals surface area contributed by atoms with E-state index in [1.165, 1.54) is 6.42 Å². The zero-order valence-electron chi connectivity index (χ0n) is 22.8. The van der Waals surface area contributed by atoms with Gasteiger partial charge in [0, 0.05) is 42.5 Å². The largest absolute Gasteiger partial charge is 0.462 e. The smallest absolute Gasteiger partial charge is 0.318 e. The maximum atomic E-state index is 15.4. The van der Waals surface area contributed by atoms with Gasteiger partial charge >= 0.3 is 6.01 Å². The predicted molar refractivity (Wildman–Crippen MR) is 153 cm³/mol. The highest BCUT2D eigenvalue weighted by Gasteiger charge is 2.30. The van der Waals surface area contributed by atoms with E-state index in [0.29, 0.717) is 43.4 Å². The number of hydrogen-bond donors (Lipinski definition) is 0. The Kier molecular flexibility index (Phi) is 7.51. The lowest BCUT2D eigenvalue weighted by molar-refractivity contribution is 0.187. The topological polar surface area (TPSA) is 49.1 Å². The average Bonchev–Trinajstić information content (AvgIpc) is 3.24. The molecule has 2 saturated heterocycles. The highest BCUT2D eigenvalue weighted by Crippen LogP contribution is 2.36. The Balaban J connectivity index is 1.37. The average molecular weight is 529 g/mol. The summed E-state index contributed by atoms with van der Waals surface area (Å²) in [6.45, 7) is 12.6. The maximum absolute atomic E-state index is 15.4. The Hall–Kier alpha value is -3.44. The van der Waals surface area contributed by atoms with E-state index in [1.807, 2.05) is 30.3 Å². The van der Waals surface area contributed by atoms with E-state index in [2.05, 4.69) is 26.6 Å². The van der Waals surface area contributed by atoms with Crippen molar-refractivity contribution in [1.29, 1.82) is 0 Å². The Morgan fingerprint density at radius 3 is 2.72 bits per heavy atom. The lowest BCUT2D eigenvalue weighted by atomic mass is 9.97. The number of rotatable bonds is 6. The SMILES string of the molecule is [C-]#[N+]C[C@@H]1CCCN(c2nc(OC[C@@H]3CCCN3C)nc3c2CCCN(c2c(F)ccc4ccccc24)C3)C1. The van der Waals surface area contributed by atoms with Crippen LogP contribution in [0.25, 0.3) is 15.6 Å². The van der Waals surface area contributed by atoms with Gasteiger partial charge in [0.05, 0.1) is 17.9 Å². The molecule has 1 aromatic heterocycles. The molecule has 4 heterocycles. The van der Waals surface area contributed by atoms with E-state index in [0.717, 1.165) is 86.1 Å². The molecule has 6 rings (SSSR count). The summed E-state index contributed by atoms with van der Waals surface area (Å²) in [5, 5.41) is 1.96. The molecule has 7 nitrogen and oxygen atoms in total. The third-order valence-electron chi connectivity index (χ3n) is 8.66. The monoisotopic (exact) mass is 528 g/mol. The molecular formula is C31H37FN6O. The first-order valence-corrected chi connectivity index (χ1v) is 14.3. The van der Waals surface area contributed by atoms with Gasteiger partial charge < -0.3 is 24.3 Å². The van der Waals surface area contributed by atoms with Gasteiger partial charge in [-0.15, -0.1) is 0 Å². The minimum atomic E-state index is -0.204. The van der Waals surface area contributed by atoms with Crippen LogP contribution in [0.5, 0.6) is 6.01 Å². The number of likely N-dealkylation sites (tertiary alicyclic amines) is 1. The van der Waals surface area contributed by atoms with Crippen molar-refractivity contribution in [3.8, 4) is 6.01 Å². The number of likely N-dealkylation sites (N-methyl/N-ethyl adjacent to an activating group) is 1. The van der Waals surface area contributed by atoms with Crippen LogP contribution in [0.3, 0.4) is 0 Å². The quantitative estimate of drug-likeness (QED) is 0.403. The summed E-state index contributed by atoms with van der Waals surface area (Å²) in [6, 6.07) is 12.2. The lowest BCUT2D eigenvalue weighted by Crippen LogP contribution is -2.38. The van der Waals surface area contributed by atoms with E-state index >= 15 is 4.39 Å². The third-order valence-corrected chi connectivity index (χ3v) is 8.66. The van der Waals surface area contributed by atoms with Gasteiger partial charge in [-0.3, -0.25) is 0 Å². The van der Waals surface area contributed by atoms with Crippen molar-refractivity contribution in [2.45, 2.75) is 51.1 Å². The zero-order chi connectivity index (χ0) is 26.8. The molecule has 3 aliphatic heterocycles. The molecule has 2 aromatic carbocycles. The van der Waals surface area contributed by atoms with Crippen LogP contribution >= 0.6 is 0 Å². The van der Waals surface area contributed by atoms with Gasteiger partial charge in [-0.05, 0) is 63.6 Å². The van der Waals surface area contributed by atoms with Crippen LogP contribution in [0.2, 0.25) is 0 Å². The zero-order valence-corrected chi connectivity index (χ0v) is 22.8. The van der Waals surface area contributed by atoms with Gasteiger partial charge in [0.1, 0.15) is 18.2 Å². The van der Waals surface area contributed by atoms with Crippen LogP contribution in [0.15, 0.2) is 36.4 Å². The van der Waals surface area contributed by atoms with Crippen molar-refractivity contribution in [2.24, 2.45) is 5.92 Å². The first-order valence-electron chi connectivity index (χ1n) is 14.3. The molecule has 0 bridgehead atoms. The van der Waals surface area contributed by atoms with Crippen LogP contribution in [-0.2, 0) is 13.0 Å². The van der Waals surface area contributed by atoms with Crippen molar-refractivity contribution < 1.29 is 9.13 Å². The number of piperidine rings is 1. The Bertz CT molecular complexity index is 1370. The fourth-order valence-electron chi connectivity index (χ4n) is 6.55. The van der Waals surface area contributed by atoms with Crippen molar-refractivity contribution in [1.82, 2.24) is 14.9 Å². The second kappa shape index (κ2) is 11.4. The molecule has 2 atom stereocenters. The van der Waals surface area contributed by atoms with Gasteiger partial charge in [0.15, 0.2) is 0 Å². The molecule has 3 aliphatic rings. The third kappa shape index (κ3) is 5.38. The molecular weight excluding hydrogens is 491 g/mol. The lowest BCUT2D eigenvalue weighted by Gasteiger charge is -2.33. The number of halogens is 1. The molecule has 39 heavy (non-hydrogen) atoms. The number of ether oxygens (including phenoxy) is 1. The highest BCUT2D eigenvalue weighted by molar-refractivity contribution is 5.94. The number of fused-ring (bicyclic) bond motifs is 2. The molecule has 8 heteroatoms. The molecule has 0 saturated carbocycles. The van der Waals surface area contributed by atoms with Gasteiger partial charge in [-0.1, -0.05) is 30.3 Å². The summed E-state index contributed by atoms with van der Waals surface area (Å²) in [6.07, 6.45) is 6.16. The summed E-state index contributed by atoms with van der Waals surface area (Å²) in [5.41, 5.74) is 2.71. The summed E-state index contributed by atoms with van der Waals surface area (Å²) in [5.74, 6) is 1.10. The molecule has 0 aliphatic carbocycles. The van der Waals surface area contributed by atoms with Crippen molar-refractivity contribution in [3.63, 3.8) is 0 Å². The summed E-state index contributed by atoms with van der Waals surface area (Å²) < 4.78 is 21.6. The van der Waals surface area contributed by atoms with Crippen LogP contribution in [0.4, 0.5) is 15.9 Å². The van der Waals surface area contributed by atoms with E-state index in [4.69, 9.17) is 21.3 Å². The molecule has 204 valence electrons. The summed E-state index contributed by atoms with van der Waals surface area (Å²) >= 11 is 0. The number of anilines is 2. The van der Waals surface area contributed by atoms with Gasteiger partial charge in [0.25, 0.3) is 0 Å². The van der Waals surface area contributed by atoms with E-state index in [1.54, 1.807) is 6.07 Å². The first-order chi connectivity index (χ1) is 19.1. The van der Waals surface area contributed by atoms with Crippen molar-refractivity contribution in [3.05, 3.63) is 64.9 Å². The molecule has 0 N–H and O–H groups in total. The van der Waals surface area contributed by atoms with Gasteiger partial charge in [-0.2, -0.15) is 9.97 Å². The summed E-state index contributed by atoms with van der Waals surface area (Å²) in [7, 11) is 2.15. The van der Waals surface area contributed by atoms with Crippen LogP contribution in [0, 0.1) is 18.3 Å². The van der Waals surface area contributed by atoms with Crippen LogP contribution in [-0.4, -0.2) is 67.3 Å². The fourth-order valence-corrected chi connectivity index (χ4v) is 6.55. The minimum absolute atomic E-state index is 0.204. The molecule has 2 fully saturated rings. The molecule has 0 unspecified atom stereocenters. The van der Waals surface area contributed by atoms with E-state index < -0.39 is 0 Å². The van der Waals surface area contributed by atoms with Crippen molar-refractivity contribution >= 4 is 22.3 Å². The predicted octanol–water partition coefficient (Wildman–Crippen LogP) is 5.33. The van der Waals surface area contributed by atoms with Crippen LogP contribution < -0.4 is 14.5 Å². The van der Waals surface area contributed by atoms with Gasteiger partial charge in [0.2, 0.25) is 6.54 Å². The maximum Gasteiger partial charge on any atom is 0.318 e. The second-order valence-corrected chi connectivity index (χ2v) is 11.3. The highest BCUT2D eigenvalue weighted by atomic mass is 19.1. The normalized spacial score (nSPS) is 22.0. The van der Waals surface area contributed by atoms with E-state index in [9.17, 15) is 0 Å². The molecule has 0 amide bonds. The standard InChI is InChI=1S/C31H37FN6O/c1-33-18-22-8-5-17-38(19-22)30-26-12-7-16-37(29-25-11-4-3-9-23(25)13-14-27(29)32)20-28(26)34-31(35-30)39-21-24-10-6-15-36(24)2/h3-4,9,11,13-14,22,24H,5-8,10,12,15-21H2,2H3/t22-,24-/m0/s1. The Morgan fingerprint density at radius 2 is 1.87 bits per heavy atom. The first kappa shape index (κ1) is 25.8. The number of benzene rings is 2. The molecule has 0 radical (unpaired) electrons. The minimum Gasteiger partial charge on any atom is -0.462 e. The number of aromatic nitrogens is 2. The van der Waals surface area contributed by atoms with E-state index in [-0.39, 0.29) is 5.82 Å². The fraction of sp³-hybridized carbons (Fsp3) is 0.516. The van der Waals surface area contributed by atoms with Crippen LogP contribution in [0.1, 0.15) is 43.4 Å². The second-order valence-electron chi connectivity index (χ2n) is 11.3. The number of nitrogens with zero attached hydrogens (tertiary/aromatic N) is 6. The molecule has 3 aromatic rings. The Labute approximate surface area is 230 Å². The van der Waals surface area contributed by atoms with Gasteiger partial charge in [-0.25, -0.2) is 11.0 Å². The number of hydrogen-bond acceptors (Lipinski definition) is 6. The Morgan fingerprint density at radius 1 is 1.03 bits per heavy atom. The molecule has 0 spiro atoms.